The molecule has 4 rings (SSSR count). The Kier molecular flexibility index (Phi) is 5.24. The summed E-state index contributed by atoms with van der Waals surface area (Å²) in [6.45, 7) is 2.64. The summed E-state index contributed by atoms with van der Waals surface area (Å²) in [6.07, 6.45) is -2.76. The lowest BCUT2D eigenvalue weighted by Crippen LogP contribution is -2.45. The van der Waals surface area contributed by atoms with Gasteiger partial charge in [0.05, 0.1) is 30.4 Å². The highest BCUT2D eigenvalue weighted by Gasteiger charge is 2.30. The van der Waals surface area contributed by atoms with Gasteiger partial charge in [0.2, 0.25) is 5.95 Å². The highest BCUT2D eigenvalue weighted by molar-refractivity contribution is 5.89. The van der Waals surface area contributed by atoms with Gasteiger partial charge in [-0.25, -0.2) is 0 Å². The van der Waals surface area contributed by atoms with Crippen LogP contribution in [-0.4, -0.2) is 52.1 Å². The van der Waals surface area contributed by atoms with Gasteiger partial charge in [0.15, 0.2) is 5.65 Å². The van der Waals surface area contributed by atoms with Gasteiger partial charge in [-0.2, -0.15) is 28.2 Å². The summed E-state index contributed by atoms with van der Waals surface area (Å²) in [7, 11) is 1.76. The highest BCUT2D eigenvalue weighted by atomic mass is 19.4. The number of nitrogens with one attached hydrogen (secondary N) is 3. The molecule has 0 amide bonds. The first-order valence-corrected chi connectivity index (χ1v) is 9.09. The summed E-state index contributed by atoms with van der Waals surface area (Å²) < 4.78 is 45.4. The Balaban J connectivity index is 1.57. The van der Waals surface area contributed by atoms with E-state index in [-0.39, 0.29) is 6.04 Å². The average Bonchev–Trinajstić information content (AvgIpc) is 3.08. The van der Waals surface area contributed by atoms with E-state index in [1.807, 2.05) is 0 Å². The molecule has 2 aromatic heterocycles. The summed E-state index contributed by atoms with van der Waals surface area (Å²) in [5.41, 5.74) is 0.377. The molecule has 0 saturated carbocycles. The molecule has 3 aromatic rings. The molecule has 8 nitrogen and oxygen atoms in total. The van der Waals surface area contributed by atoms with E-state index >= 15 is 0 Å². The number of alkyl halides is 3. The van der Waals surface area contributed by atoms with Crippen LogP contribution in [0.15, 0.2) is 30.5 Å². The van der Waals surface area contributed by atoms with Gasteiger partial charge in [-0.15, -0.1) is 0 Å². The number of nitrogens with zero attached hydrogens (tertiary/aromatic N) is 4. The molecule has 0 bridgehead atoms. The van der Waals surface area contributed by atoms with Gasteiger partial charge in [-0.1, -0.05) is 0 Å². The molecule has 1 saturated heterocycles. The number of anilines is 3. The van der Waals surface area contributed by atoms with Crippen molar-refractivity contribution >= 4 is 28.5 Å². The van der Waals surface area contributed by atoms with Crippen LogP contribution < -0.4 is 16.0 Å². The molecule has 3 N–H and O–H groups in total. The van der Waals surface area contributed by atoms with Crippen LogP contribution >= 0.6 is 0 Å². The molecule has 29 heavy (non-hydrogen) atoms. The van der Waals surface area contributed by atoms with Crippen LogP contribution in [0.2, 0.25) is 0 Å². The number of hydrogen-bond acceptors (Lipinski definition) is 7. The third-order valence-corrected chi connectivity index (χ3v) is 4.57. The largest absolute Gasteiger partial charge is 0.416 e. The van der Waals surface area contributed by atoms with Crippen molar-refractivity contribution in [1.82, 2.24) is 25.1 Å². The van der Waals surface area contributed by atoms with Gasteiger partial charge < -0.3 is 20.7 Å². The van der Waals surface area contributed by atoms with Gasteiger partial charge in [0.1, 0.15) is 5.82 Å². The molecule has 0 spiro atoms. The molecule has 1 atom stereocenters. The number of rotatable bonds is 5. The lowest BCUT2D eigenvalue weighted by molar-refractivity contribution is -0.137. The quantitative estimate of drug-likeness (QED) is 0.599. The van der Waals surface area contributed by atoms with Crippen molar-refractivity contribution in [3.63, 3.8) is 0 Å². The van der Waals surface area contributed by atoms with Crippen molar-refractivity contribution in [2.24, 2.45) is 7.05 Å². The van der Waals surface area contributed by atoms with Gasteiger partial charge in [0, 0.05) is 31.9 Å². The summed E-state index contributed by atoms with van der Waals surface area (Å²) in [5.74, 6) is 0.848. The van der Waals surface area contributed by atoms with Gasteiger partial charge in [-0.05, 0) is 24.3 Å². The molecule has 0 radical (unpaired) electrons. The maximum Gasteiger partial charge on any atom is 0.416 e. The predicted octanol–water partition coefficient (Wildman–Crippen LogP) is 2.53. The number of aryl methyl sites for hydroxylation is 1. The fourth-order valence-electron chi connectivity index (χ4n) is 3.04. The van der Waals surface area contributed by atoms with Crippen LogP contribution in [0.5, 0.6) is 0 Å². The predicted molar refractivity (Wildman–Crippen MR) is 102 cm³/mol. The van der Waals surface area contributed by atoms with Crippen LogP contribution in [0.25, 0.3) is 11.0 Å². The summed E-state index contributed by atoms with van der Waals surface area (Å²) >= 11 is 0. The molecule has 0 unspecified atom stereocenters. The Labute approximate surface area is 164 Å². The average molecular weight is 407 g/mol. The molecule has 154 valence electrons. The maximum atomic E-state index is 12.8. The second-order valence-electron chi connectivity index (χ2n) is 6.71. The number of halogens is 3. The normalized spacial score (nSPS) is 17.4. The third kappa shape index (κ3) is 4.40. The van der Waals surface area contributed by atoms with Crippen molar-refractivity contribution in [2.45, 2.75) is 12.2 Å². The van der Waals surface area contributed by atoms with Crippen molar-refractivity contribution in [2.75, 3.05) is 36.9 Å². The first-order valence-electron chi connectivity index (χ1n) is 9.09. The van der Waals surface area contributed by atoms with E-state index in [9.17, 15) is 13.2 Å². The van der Waals surface area contributed by atoms with E-state index in [1.54, 1.807) is 17.9 Å². The van der Waals surface area contributed by atoms with E-state index in [1.165, 1.54) is 12.1 Å². The molecule has 11 heteroatoms. The molecular formula is C18H20F3N7O. The van der Waals surface area contributed by atoms with Crippen LogP contribution in [0.1, 0.15) is 5.56 Å². The van der Waals surface area contributed by atoms with Gasteiger partial charge >= 0.3 is 6.18 Å². The fourth-order valence-corrected chi connectivity index (χ4v) is 3.04. The molecule has 0 aliphatic carbocycles. The number of benzene rings is 1. The smallest absolute Gasteiger partial charge is 0.378 e. The summed E-state index contributed by atoms with van der Waals surface area (Å²) in [4.78, 5) is 8.98. The number of morpholine rings is 1. The highest BCUT2D eigenvalue weighted by Crippen LogP contribution is 2.31. The minimum atomic E-state index is -4.38. The third-order valence-electron chi connectivity index (χ3n) is 4.57. The lowest BCUT2D eigenvalue weighted by Gasteiger charge is -2.24. The van der Waals surface area contributed by atoms with E-state index < -0.39 is 11.7 Å². The fraction of sp³-hybridized carbons (Fsp3) is 0.389. The first-order chi connectivity index (χ1) is 13.9. The standard InChI is InChI=1S/C18H20F3N7O/c1-28-16-14(9-24-28)15(25-12-4-2-11(3-5-12)18(19,20)21)26-17(27-16)23-8-13-10-29-7-6-22-13/h2-5,9,13,22H,6-8,10H2,1H3,(H2,23,25,26,27)/t13-/m0/s1. The first kappa shape index (κ1) is 19.4. The Morgan fingerprint density at radius 3 is 2.72 bits per heavy atom. The van der Waals surface area contributed by atoms with Crippen LogP contribution in [0, 0.1) is 0 Å². The van der Waals surface area contributed by atoms with Crippen LogP contribution in [0.4, 0.5) is 30.6 Å². The Hall–Kier alpha value is -2.92. The Morgan fingerprint density at radius 2 is 2.03 bits per heavy atom. The van der Waals surface area contributed by atoms with E-state index in [0.717, 1.165) is 18.7 Å². The minimum absolute atomic E-state index is 0.140. The van der Waals surface area contributed by atoms with Crippen molar-refractivity contribution in [3.05, 3.63) is 36.0 Å². The zero-order valence-electron chi connectivity index (χ0n) is 15.6. The molecule has 1 aromatic carbocycles. The summed E-state index contributed by atoms with van der Waals surface area (Å²) in [5, 5.41) is 14.5. The SMILES string of the molecule is Cn1ncc2c(Nc3ccc(C(F)(F)F)cc3)nc(NC[C@H]3COCCN3)nc21. The molecule has 3 heterocycles. The van der Waals surface area contributed by atoms with Crippen molar-refractivity contribution < 1.29 is 17.9 Å². The maximum absolute atomic E-state index is 12.8. The number of aromatic nitrogens is 4. The zero-order valence-corrected chi connectivity index (χ0v) is 15.6. The van der Waals surface area contributed by atoms with Crippen LogP contribution in [-0.2, 0) is 18.0 Å². The second kappa shape index (κ2) is 7.84. The molecule has 1 aliphatic heterocycles. The van der Waals surface area contributed by atoms with Crippen LogP contribution in [0.3, 0.4) is 0 Å². The Morgan fingerprint density at radius 1 is 1.24 bits per heavy atom. The summed E-state index contributed by atoms with van der Waals surface area (Å²) in [6, 6.07) is 4.92. The molecular weight excluding hydrogens is 387 g/mol. The second-order valence-corrected chi connectivity index (χ2v) is 6.71. The van der Waals surface area contributed by atoms with E-state index in [4.69, 9.17) is 4.74 Å². The number of ether oxygens (including phenoxy) is 1. The number of hydrogen-bond donors (Lipinski definition) is 3. The Bertz CT molecular complexity index is 982. The monoisotopic (exact) mass is 407 g/mol. The zero-order chi connectivity index (χ0) is 20.4. The molecule has 1 fully saturated rings. The lowest BCUT2D eigenvalue weighted by atomic mass is 10.2. The van der Waals surface area contributed by atoms with E-state index in [0.29, 0.717) is 48.2 Å². The van der Waals surface area contributed by atoms with Gasteiger partial charge in [0.25, 0.3) is 0 Å². The number of fused-ring (bicyclic) bond motifs is 1. The van der Waals surface area contributed by atoms with Crippen molar-refractivity contribution in [3.8, 4) is 0 Å². The van der Waals surface area contributed by atoms with E-state index in [2.05, 4.69) is 31.0 Å². The van der Waals surface area contributed by atoms with Crippen molar-refractivity contribution in [1.29, 1.82) is 0 Å². The van der Waals surface area contributed by atoms with Gasteiger partial charge in [-0.3, -0.25) is 4.68 Å². The topological polar surface area (TPSA) is 88.9 Å². The molecule has 1 aliphatic rings. The minimum Gasteiger partial charge on any atom is -0.378 e.